The number of allylic oxidation sites excluding steroid dienone is 1. The molecule has 81 heavy (non-hydrogen) atoms. The van der Waals surface area contributed by atoms with Crippen LogP contribution in [-0.4, -0.2) is 94.4 Å². The minimum Gasteiger partial charge on any atom is -0.457 e. The zero-order valence-electron chi connectivity index (χ0n) is 53.5. The van der Waals surface area contributed by atoms with E-state index in [2.05, 4.69) is 39.8 Å². The first-order valence-corrected chi connectivity index (χ1v) is 35.3. The van der Waals surface area contributed by atoms with Gasteiger partial charge in [0.1, 0.15) is 12.2 Å². The molecule has 2 saturated heterocycles. The summed E-state index contributed by atoms with van der Waals surface area (Å²) in [6.07, 6.45) is 55.7. The molecule has 2 aliphatic rings. The largest absolute Gasteiger partial charge is 0.457 e. The lowest BCUT2D eigenvalue weighted by Gasteiger charge is -2.17. The molecule has 0 aromatic heterocycles. The van der Waals surface area contributed by atoms with Gasteiger partial charge < -0.3 is 39.4 Å². The van der Waals surface area contributed by atoms with Crippen molar-refractivity contribution in [2.45, 2.75) is 404 Å². The van der Waals surface area contributed by atoms with E-state index in [1.54, 1.807) is 0 Å². The molecular weight excluding hydrogens is 1010 g/mol. The third-order valence-corrected chi connectivity index (χ3v) is 17.5. The normalized spacial score (nSPS) is 19.0. The molecule has 2 rings (SSSR count). The van der Waals surface area contributed by atoms with Gasteiger partial charge in [0.25, 0.3) is 0 Å². The van der Waals surface area contributed by atoms with Crippen LogP contribution >= 0.6 is 0 Å². The van der Waals surface area contributed by atoms with E-state index in [9.17, 15) is 30.0 Å². The van der Waals surface area contributed by atoms with Crippen LogP contribution in [0.15, 0.2) is 23.3 Å². The SMILES string of the molecule is CCCCCCCCCCC(O)C/C=C(/CCCCCC(=O)O[C@H]1COC2[C@H](OC(=O)CCCC/C(=C\CC(O)CCCCCCCCCC)CCCC(O)CCCCCCCCCC)CO[C@@H]21)CC(O)CCCCCCCCCC. The standard InChI is InChI=1S/C71H132O10/c1-5-9-13-17-21-25-29-35-46-62(72)50-42-45-60(53-55-63(73)47-36-30-26-22-18-14-10-6-2)43-40-41-52-69(77)81-67-59-79-70-66(58-78-71(67)70)80-68(76)51-39-33-34-44-61(57-65(75)49-38-32-28-24-20-16-12-8-4)54-56-64(74)48-37-31-27-23-19-15-11-7-3/h53-54,62-67,70-75H,5-52,55-59H2,1-4H3/b60-53+,61-54-/t62?,63?,64?,65?,66-,67+,70+,71?/m0/s1. The molecular formula is C71H132O10. The predicted molar refractivity (Wildman–Crippen MR) is 338 cm³/mol. The summed E-state index contributed by atoms with van der Waals surface area (Å²) >= 11 is 0. The van der Waals surface area contributed by atoms with E-state index in [1.807, 2.05) is 0 Å². The molecule has 2 fully saturated rings. The van der Waals surface area contributed by atoms with E-state index in [-0.39, 0.29) is 49.6 Å². The Morgan fingerprint density at radius 3 is 1.06 bits per heavy atom. The van der Waals surface area contributed by atoms with Crippen LogP contribution in [0.4, 0.5) is 0 Å². The summed E-state index contributed by atoms with van der Waals surface area (Å²) in [7, 11) is 0. The number of ether oxygens (including phenoxy) is 4. The first-order chi connectivity index (χ1) is 39.6. The highest BCUT2D eigenvalue weighted by molar-refractivity contribution is 5.70. The third-order valence-electron chi connectivity index (χ3n) is 17.5. The van der Waals surface area contributed by atoms with E-state index >= 15 is 0 Å². The molecule has 0 bridgehead atoms. The number of esters is 2. The first-order valence-electron chi connectivity index (χ1n) is 35.3. The number of carbonyl (C=O) groups excluding carboxylic acids is 2. The fraction of sp³-hybridized carbons (Fsp3) is 0.915. The van der Waals surface area contributed by atoms with Crippen molar-refractivity contribution in [3.05, 3.63) is 23.3 Å². The average Bonchev–Trinajstić information content (AvgIpc) is 4.07. The van der Waals surface area contributed by atoms with Gasteiger partial charge >= 0.3 is 11.9 Å². The van der Waals surface area contributed by atoms with E-state index in [0.29, 0.717) is 44.9 Å². The molecule has 0 spiro atoms. The van der Waals surface area contributed by atoms with Gasteiger partial charge in [-0.2, -0.15) is 0 Å². The number of fused-ring (bicyclic) bond motifs is 1. The van der Waals surface area contributed by atoms with Crippen LogP contribution < -0.4 is 0 Å². The maximum absolute atomic E-state index is 13.2. The van der Waals surface area contributed by atoms with E-state index in [4.69, 9.17) is 18.9 Å². The highest BCUT2D eigenvalue weighted by Gasteiger charge is 2.51. The Labute approximate surface area is 499 Å². The monoisotopic (exact) mass is 1140 g/mol. The van der Waals surface area contributed by atoms with E-state index in [1.165, 1.54) is 191 Å². The number of aliphatic hydroxyl groups is 4. The van der Waals surface area contributed by atoms with Crippen LogP contribution in [0.1, 0.15) is 355 Å². The van der Waals surface area contributed by atoms with Gasteiger partial charge in [-0.05, 0) is 103 Å². The molecule has 5 unspecified atom stereocenters. The molecule has 4 N–H and O–H groups in total. The first kappa shape index (κ1) is 75.3. The molecule has 2 heterocycles. The quantitative estimate of drug-likeness (QED) is 0.0263. The van der Waals surface area contributed by atoms with Crippen molar-refractivity contribution in [2.24, 2.45) is 0 Å². The Balaban J connectivity index is 1.77. The second-order valence-electron chi connectivity index (χ2n) is 25.4. The highest BCUT2D eigenvalue weighted by atomic mass is 16.7. The number of hydrogen-bond donors (Lipinski definition) is 4. The topological polar surface area (TPSA) is 152 Å². The molecule has 0 saturated carbocycles. The number of hydrogen-bond acceptors (Lipinski definition) is 10. The molecule has 0 aliphatic carbocycles. The molecule has 0 aromatic rings. The van der Waals surface area contributed by atoms with Crippen molar-refractivity contribution >= 4 is 11.9 Å². The molecule has 0 aromatic carbocycles. The Morgan fingerprint density at radius 1 is 0.358 bits per heavy atom. The minimum absolute atomic E-state index is 0.216. The highest BCUT2D eigenvalue weighted by Crippen LogP contribution is 2.32. The number of unbranched alkanes of at least 4 members (excludes halogenated alkanes) is 31. The molecule has 476 valence electrons. The van der Waals surface area contributed by atoms with Crippen molar-refractivity contribution in [2.75, 3.05) is 13.2 Å². The maximum atomic E-state index is 13.2. The number of rotatable bonds is 59. The third kappa shape index (κ3) is 42.6. The van der Waals surface area contributed by atoms with Crippen molar-refractivity contribution < 1.29 is 49.0 Å². The molecule has 10 heteroatoms. The van der Waals surface area contributed by atoms with E-state index in [0.717, 1.165) is 103 Å². The van der Waals surface area contributed by atoms with Crippen LogP contribution in [0.3, 0.4) is 0 Å². The summed E-state index contributed by atoms with van der Waals surface area (Å²) in [4.78, 5) is 26.2. The number of carbonyl (C=O) groups is 2. The summed E-state index contributed by atoms with van der Waals surface area (Å²) in [5.41, 5.74) is 2.54. The van der Waals surface area contributed by atoms with Gasteiger partial charge in [0.15, 0.2) is 12.2 Å². The molecule has 0 radical (unpaired) electrons. The average molecular weight is 1150 g/mol. The Morgan fingerprint density at radius 2 is 0.642 bits per heavy atom. The van der Waals surface area contributed by atoms with Crippen molar-refractivity contribution in [3.8, 4) is 0 Å². The Hall–Kier alpha value is -1.82. The number of aliphatic hydroxyl groups excluding tert-OH is 4. The second-order valence-corrected chi connectivity index (χ2v) is 25.4. The van der Waals surface area contributed by atoms with Gasteiger partial charge in [-0.25, -0.2) is 0 Å². The van der Waals surface area contributed by atoms with Crippen molar-refractivity contribution in [1.82, 2.24) is 0 Å². The Kier molecular flexibility index (Phi) is 49.8. The molecule has 2 aliphatic heterocycles. The lowest BCUT2D eigenvalue weighted by Crippen LogP contribution is -2.35. The van der Waals surface area contributed by atoms with Crippen LogP contribution in [0.25, 0.3) is 0 Å². The van der Waals surface area contributed by atoms with Gasteiger partial charge in [-0.3, -0.25) is 9.59 Å². The van der Waals surface area contributed by atoms with E-state index < -0.39 is 24.4 Å². The summed E-state index contributed by atoms with van der Waals surface area (Å²) in [5, 5.41) is 43.6. The van der Waals surface area contributed by atoms with Crippen LogP contribution in [0.5, 0.6) is 0 Å². The summed E-state index contributed by atoms with van der Waals surface area (Å²) in [6, 6.07) is 0. The van der Waals surface area contributed by atoms with Gasteiger partial charge in [0, 0.05) is 12.8 Å². The van der Waals surface area contributed by atoms with Crippen molar-refractivity contribution in [1.29, 1.82) is 0 Å². The lowest BCUT2D eigenvalue weighted by molar-refractivity contribution is -0.155. The smallest absolute Gasteiger partial charge is 0.306 e. The fourth-order valence-electron chi connectivity index (χ4n) is 12.1. The van der Waals surface area contributed by atoms with Gasteiger partial charge in [0.05, 0.1) is 37.6 Å². The van der Waals surface area contributed by atoms with Gasteiger partial charge in [-0.15, -0.1) is 0 Å². The summed E-state index contributed by atoms with van der Waals surface area (Å²) in [5.74, 6) is -0.537. The van der Waals surface area contributed by atoms with Gasteiger partial charge in [0.2, 0.25) is 0 Å². The molecule has 10 nitrogen and oxygen atoms in total. The fourth-order valence-corrected chi connectivity index (χ4v) is 12.1. The molecule has 0 amide bonds. The van der Waals surface area contributed by atoms with Crippen LogP contribution in [0.2, 0.25) is 0 Å². The van der Waals surface area contributed by atoms with Gasteiger partial charge in [-0.1, -0.05) is 263 Å². The minimum atomic E-state index is -0.534. The second kappa shape index (κ2) is 53.6. The van der Waals surface area contributed by atoms with Crippen molar-refractivity contribution in [3.63, 3.8) is 0 Å². The zero-order chi connectivity index (χ0) is 58.6. The van der Waals surface area contributed by atoms with Crippen LogP contribution in [-0.2, 0) is 28.5 Å². The molecule has 8 atom stereocenters. The lowest BCUT2D eigenvalue weighted by atomic mass is 9.95. The maximum Gasteiger partial charge on any atom is 0.306 e. The summed E-state index contributed by atoms with van der Waals surface area (Å²) in [6.45, 7) is 9.45. The Bertz CT molecular complexity index is 1500. The predicted octanol–water partition coefficient (Wildman–Crippen LogP) is 18.9. The van der Waals surface area contributed by atoms with Crippen LogP contribution in [0, 0.1) is 0 Å². The summed E-state index contributed by atoms with van der Waals surface area (Å²) < 4.78 is 23.9. The zero-order valence-corrected chi connectivity index (χ0v) is 53.5.